The van der Waals surface area contributed by atoms with Gasteiger partial charge in [0, 0.05) is 18.2 Å². The molecule has 1 aromatic rings. The molecule has 0 bridgehead atoms. The number of hydrogen-bond acceptors (Lipinski definition) is 2. The first-order valence-electron chi connectivity index (χ1n) is 7.38. The van der Waals surface area contributed by atoms with Crippen molar-refractivity contribution in [2.75, 3.05) is 26.2 Å². The average molecular weight is 256 g/mol. The lowest BCUT2D eigenvalue weighted by atomic mass is 10.0. The van der Waals surface area contributed by atoms with Crippen LogP contribution >= 0.6 is 0 Å². The van der Waals surface area contributed by atoms with Crippen molar-refractivity contribution < 1.29 is 0 Å². The maximum absolute atomic E-state index is 3.60. The third-order valence-corrected chi connectivity index (χ3v) is 3.65. The number of rotatable bonds is 4. The maximum atomic E-state index is 3.60. The number of nitrogens with zero attached hydrogens (tertiary/aromatic N) is 1. The first kappa shape index (κ1) is 14.1. The minimum atomic E-state index is 0.659. The zero-order valence-corrected chi connectivity index (χ0v) is 11.9. The van der Waals surface area contributed by atoms with E-state index in [9.17, 15) is 0 Å². The largest absolute Gasteiger partial charge is 0.313 e. The molecule has 0 radical (unpaired) electrons. The van der Waals surface area contributed by atoms with Gasteiger partial charge >= 0.3 is 0 Å². The summed E-state index contributed by atoms with van der Waals surface area (Å²) in [4.78, 5) is 2.43. The van der Waals surface area contributed by atoms with Gasteiger partial charge in [-0.25, -0.2) is 0 Å². The number of piperidine rings is 1. The van der Waals surface area contributed by atoms with Gasteiger partial charge in [0.25, 0.3) is 0 Å². The molecule has 1 atom stereocenters. The molecule has 0 aromatic heterocycles. The molecule has 1 aromatic carbocycles. The lowest BCUT2D eigenvalue weighted by molar-refractivity contribution is 0.255. The Balaban J connectivity index is 1.80. The summed E-state index contributed by atoms with van der Waals surface area (Å²) in [6.45, 7) is 6.45. The van der Waals surface area contributed by atoms with Gasteiger partial charge in [0.15, 0.2) is 0 Å². The molecule has 1 saturated heterocycles. The van der Waals surface area contributed by atoms with E-state index in [2.05, 4.69) is 41.1 Å². The highest BCUT2D eigenvalue weighted by molar-refractivity contribution is 5.33. The van der Waals surface area contributed by atoms with Gasteiger partial charge in [-0.05, 0) is 38.1 Å². The molecule has 1 unspecified atom stereocenters. The Morgan fingerprint density at radius 1 is 1.26 bits per heavy atom. The van der Waals surface area contributed by atoms with E-state index in [1.165, 1.54) is 25.8 Å². The van der Waals surface area contributed by atoms with E-state index in [4.69, 9.17) is 0 Å². The van der Waals surface area contributed by atoms with Gasteiger partial charge in [-0.15, -0.1) is 0 Å². The van der Waals surface area contributed by atoms with Crippen LogP contribution in [-0.2, 0) is 0 Å². The van der Waals surface area contributed by atoms with E-state index < -0.39 is 0 Å². The minimum Gasteiger partial charge on any atom is -0.313 e. The summed E-state index contributed by atoms with van der Waals surface area (Å²) in [5, 5.41) is 3.60. The van der Waals surface area contributed by atoms with Crippen LogP contribution in [0.2, 0.25) is 0 Å². The van der Waals surface area contributed by atoms with Crippen molar-refractivity contribution in [1.29, 1.82) is 0 Å². The molecule has 0 spiro atoms. The van der Waals surface area contributed by atoms with E-state index in [0.717, 1.165) is 25.2 Å². The lowest BCUT2D eigenvalue weighted by Gasteiger charge is -2.28. The highest BCUT2D eigenvalue weighted by Gasteiger charge is 2.14. The second-order valence-corrected chi connectivity index (χ2v) is 5.14. The standard InChI is InChI=1S/C17H24N2/c1-2-19(15-17-12-6-7-13-18-17)14-8-11-16-9-4-3-5-10-16/h3-5,9-10,17-18H,2,6-7,12-15H2,1H3. The third kappa shape index (κ3) is 5.06. The molecule has 2 rings (SSSR count). The van der Waals surface area contributed by atoms with Crippen LogP contribution in [-0.4, -0.2) is 37.1 Å². The van der Waals surface area contributed by atoms with Crippen LogP contribution in [0.1, 0.15) is 31.7 Å². The third-order valence-electron chi connectivity index (χ3n) is 3.65. The molecule has 102 valence electrons. The van der Waals surface area contributed by atoms with Gasteiger partial charge in [0.2, 0.25) is 0 Å². The zero-order chi connectivity index (χ0) is 13.3. The maximum Gasteiger partial charge on any atom is 0.0605 e. The minimum absolute atomic E-state index is 0.659. The van der Waals surface area contributed by atoms with Gasteiger partial charge < -0.3 is 5.32 Å². The first-order chi connectivity index (χ1) is 9.38. The molecule has 0 saturated carbocycles. The van der Waals surface area contributed by atoms with E-state index >= 15 is 0 Å². The van der Waals surface area contributed by atoms with Gasteiger partial charge in [-0.3, -0.25) is 4.90 Å². The van der Waals surface area contributed by atoms with Crippen molar-refractivity contribution in [2.45, 2.75) is 32.2 Å². The van der Waals surface area contributed by atoms with E-state index in [-0.39, 0.29) is 0 Å². The molecular weight excluding hydrogens is 232 g/mol. The molecular formula is C17H24N2. The van der Waals surface area contributed by atoms with Crippen LogP contribution in [0.15, 0.2) is 30.3 Å². The molecule has 1 aliphatic rings. The summed E-state index contributed by atoms with van der Waals surface area (Å²) in [5.41, 5.74) is 1.11. The molecule has 0 amide bonds. The van der Waals surface area contributed by atoms with Crippen LogP contribution in [0.4, 0.5) is 0 Å². The fourth-order valence-corrected chi connectivity index (χ4v) is 2.47. The van der Waals surface area contributed by atoms with E-state index in [1.807, 2.05) is 18.2 Å². The number of hydrogen-bond donors (Lipinski definition) is 1. The molecule has 2 nitrogen and oxygen atoms in total. The Bertz CT molecular complexity index is 410. The SMILES string of the molecule is CCN(CC#Cc1ccccc1)CC1CCCCN1. The smallest absolute Gasteiger partial charge is 0.0605 e. The van der Waals surface area contributed by atoms with Crippen LogP contribution in [0.3, 0.4) is 0 Å². The summed E-state index contributed by atoms with van der Waals surface area (Å²) in [6, 6.07) is 10.9. The lowest BCUT2D eigenvalue weighted by Crippen LogP contribution is -2.43. The van der Waals surface area contributed by atoms with Gasteiger partial charge in [0.05, 0.1) is 6.54 Å². The Hall–Kier alpha value is -1.30. The molecule has 19 heavy (non-hydrogen) atoms. The topological polar surface area (TPSA) is 15.3 Å². The normalized spacial score (nSPS) is 18.9. The van der Waals surface area contributed by atoms with Crippen molar-refractivity contribution >= 4 is 0 Å². The van der Waals surface area contributed by atoms with Gasteiger partial charge in [0.1, 0.15) is 0 Å². The fourth-order valence-electron chi connectivity index (χ4n) is 2.47. The molecule has 1 aliphatic heterocycles. The van der Waals surface area contributed by atoms with Gasteiger partial charge in [-0.2, -0.15) is 0 Å². The molecule has 2 heteroatoms. The molecule has 1 heterocycles. The van der Waals surface area contributed by atoms with Crippen molar-refractivity contribution in [1.82, 2.24) is 10.2 Å². The Kier molecular flexibility index (Phi) is 5.94. The van der Waals surface area contributed by atoms with Crippen molar-refractivity contribution in [3.05, 3.63) is 35.9 Å². The predicted octanol–water partition coefficient (Wildman–Crippen LogP) is 2.50. The summed E-state index contributed by atoms with van der Waals surface area (Å²) in [5.74, 6) is 6.53. The van der Waals surface area contributed by atoms with Crippen molar-refractivity contribution in [3.8, 4) is 11.8 Å². The molecule has 0 aliphatic carbocycles. The number of benzene rings is 1. The summed E-state index contributed by atoms with van der Waals surface area (Å²) in [6.07, 6.45) is 4.00. The number of likely N-dealkylation sites (N-methyl/N-ethyl adjacent to an activating group) is 1. The summed E-state index contributed by atoms with van der Waals surface area (Å²) >= 11 is 0. The highest BCUT2D eigenvalue weighted by atomic mass is 15.1. The fraction of sp³-hybridized carbons (Fsp3) is 0.529. The quantitative estimate of drug-likeness (QED) is 0.833. The first-order valence-corrected chi connectivity index (χ1v) is 7.38. The van der Waals surface area contributed by atoms with E-state index in [1.54, 1.807) is 0 Å². The van der Waals surface area contributed by atoms with Crippen LogP contribution in [0, 0.1) is 11.8 Å². The molecule has 1 N–H and O–H groups in total. The Morgan fingerprint density at radius 3 is 2.79 bits per heavy atom. The predicted molar refractivity (Wildman–Crippen MR) is 81.1 cm³/mol. The van der Waals surface area contributed by atoms with Crippen LogP contribution in [0.25, 0.3) is 0 Å². The van der Waals surface area contributed by atoms with Crippen molar-refractivity contribution in [2.24, 2.45) is 0 Å². The average Bonchev–Trinajstić information content (AvgIpc) is 2.48. The zero-order valence-electron chi connectivity index (χ0n) is 11.9. The molecule has 1 fully saturated rings. The van der Waals surface area contributed by atoms with Crippen LogP contribution < -0.4 is 5.32 Å². The Morgan fingerprint density at radius 2 is 2.11 bits per heavy atom. The highest BCUT2D eigenvalue weighted by Crippen LogP contribution is 2.08. The van der Waals surface area contributed by atoms with Crippen molar-refractivity contribution in [3.63, 3.8) is 0 Å². The van der Waals surface area contributed by atoms with Crippen LogP contribution in [0.5, 0.6) is 0 Å². The van der Waals surface area contributed by atoms with Gasteiger partial charge in [-0.1, -0.05) is 43.4 Å². The monoisotopic (exact) mass is 256 g/mol. The second kappa shape index (κ2) is 7.99. The summed E-state index contributed by atoms with van der Waals surface area (Å²) < 4.78 is 0. The second-order valence-electron chi connectivity index (χ2n) is 5.14. The number of nitrogens with one attached hydrogen (secondary N) is 1. The van der Waals surface area contributed by atoms with E-state index in [0.29, 0.717) is 6.04 Å². The summed E-state index contributed by atoms with van der Waals surface area (Å²) in [7, 11) is 0. The Labute approximate surface area is 117 Å².